The Morgan fingerprint density at radius 1 is 0.947 bits per heavy atom. The minimum Gasteiger partial charge on any atom is -0.309 e. The highest BCUT2D eigenvalue weighted by atomic mass is 14.9. The van der Waals surface area contributed by atoms with Gasteiger partial charge in [0, 0.05) is 18.0 Å². The predicted molar refractivity (Wildman–Crippen MR) is 76.9 cm³/mol. The average molecular weight is 249 g/mol. The maximum atomic E-state index is 4.11. The van der Waals surface area contributed by atoms with Gasteiger partial charge in [-0.2, -0.15) is 0 Å². The molecular formula is C16H15N3. The molecule has 0 fully saturated rings. The molecule has 0 radical (unpaired) electrons. The highest BCUT2D eigenvalue weighted by Crippen LogP contribution is 2.27. The van der Waals surface area contributed by atoms with Crippen molar-refractivity contribution in [2.24, 2.45) is 0 Å². The van der Waals surface area contributed by atoms with Crippen LogP contribution in [0.1, 0.15) is 17.2 Å². The van der Waals surface area contributed by atoms with E-state index in [4.69, 9.17) is 0 Å². The van der Waals surface area contributed by atoms with E-state index >= 15 is 0 Å². The molecule has 0 spiro atoms. The third-order valence-corrected chi connectivity index (χ3v) is 3.34. The fraction of sp³-hybridized carbons (Fsp3) is 0.125. The SMILES string of the molecule is CNC(c1cncnc1)c1cccc2ccccc12. The number of nitrogens with zero attached hydrogens (tertiary/aromatic N) is 2. The zero-order valence-corrected chi connectivity index (χ0v) is 10.7. The molecule has 0 amide bonds. The molecule has 0 saturated carbocycles. The van der Waals surface area contributed by atoms with Crippen LogP contribution in [-0.2, 0) is 0 Å². The van der Waals surface area contributed by atoms with Crippen molar-refractivity contribution in [2.75, 3.05) is 7.05 Å². The van der Waals surface area contributed by atoms with Gasteiger partial charge in [0.25, 0.3) is 0 Å². The molecule has 3 heteroatoms. The molecular weight excluding hydrogens is 234 g/mol. The van der Waals surface area contributed by atoms with Crippen molar-refractivity contribution in [1.29, 1.82) is 0 Å². The molecule has 3 nitrogen and oxygen atoms in total. The summed E-state index contributed by atoms with van der Waals surface area (Å²) in [4.78, 5) is 8.22. The van der Waals surface area contributed by atoms with Crippen molar-refractivity contribution in [2.45, 2.75) is 6.04 Å². The van der Waals surface area contributed by atoms with Crippen LogP contribution in [0.5, 0.6) is 0 Å². The van der Waals surface area contributed by atoms with Gasteiger partial charge in [0.2, 0.25) is 0 Å². The second-order valence-electron chi connectivity index (χ2n) is 4.46. The fourth-order valence-electron chi connectivity index (χ4n) is 2.46. The number of hydrogen-bond donors (Lipinski definition) is 1. The van der Waals surface area contributed by atoms with E-state index in [1.807, 2.05) is 19.4 Å². The van der Waals surface area contributed by atoms with E-state index in [1.165, 1.54) is 16.3 Å². The first-order chi connectivity index (χ1) is 9.40. The second kappa shape index (κ2) is 5.16. The zero-order valence-electron chi connectivity index (χ0n) is 10.7. The average Bonchev–Trinajstić information content (AvgIpc) is 2.49. The van der Waals surface area contributed by atoms with Gasteiger partial charge in [-0.1, -0.05) is 42.5 Å². The van der Waals surface area contributed by atoms with Crippen LogP contribution in [0.3, 0.4) is 0 Å². The van der Waals surface area contributed by atoms with Crippen LogP contribution in [0.2, 0.25) is 0 Å². The van der Waals surface area contributed by atoms with E-state index in [2.05, 4.69) is 57.7 Å². The molecule has 0 aliphatic carbocycles. The van der Waals surface area contributed by atoms with Crippen molar-refractivity contribution in [3.63, 3.8) is 0 Å². The molecule has 1 atom stereocenters. The quantitative estimate of drug-likeness (QED) is 0.775. The Hall–Kier alpha value is -2.26. The molecule has 0 aliphatic rings. The zero-order chi connectivity index (χ0) is 13.1. The molecule has 2 aromatic carbocycles. The molecule has 1 N–H and O–H groups in total. The predicted octanol–water partition coefficient (Wildman–Crippen LogP) is 2.94. The third-order valence-electron chi connectivity index (χ3n) is 3.34. The molecule has 1 aromatic heterocycles. The number of rotatable bonds is 3. The highest BCUT2D eigenvalue weighted by Gasteiger charge is 2.14. The number of fused-ring (bicyclic) bond motifs is 1. The van der Waals surface area contributed by atoms with Crippen molar-refractivity contribution in [1.82, 2.24) is 15.3 Å². The Labute approximate surface area is 112 Å². The molecule has 1 unspecified atom stereocenters. The Kier molecular flexibility index (Phi) is 3.21. The van der Waals surface area contributed by atoms with E-state index in [0.717, 1.165) is 5.56 Å². The lowest BCUT2D eigenvalue weighted by molar-refractivity contribution is 0.689. The first kappa shape index (κ1) is 11.8. The lowest BCUT2D eigenvalue weighted by atomic mass is 9.95. The Morgan fingerprint density at radius 3 is 2.47 bits per heavy atom. The third kappa shape index (κ3) is 2.20. The van der Waals surface area contributed by atoms with E-state index in [9.17, 15) is 0 Å². The van der Waals surface area contributed by atoms with Crippen LogP contribution in [0.15, 0.2) is 61.2 Å². The highest BCUT2D eigenvalue weighted by molar-refractivity contribution is 5.86. The van der Waals surface area contributed by atoms with E-state index < -0.39 is 0 Å². The van der Waals surface area contributed by atoms with Gasteiger partial charge in [-0.3, -0.25) is 0 Å². The fourth-order valence-corrected chi connectivity index (χ4v) is 2.46. The summed E-state index contributed by atoms with van der Waals surface area (Å²) in [6.45, 7) is 0. The molecule has 0 aliphatic heterocycles. The van der Waals surface area contributed by atoms with Crippen molar-refractivity contribution >= 4 is 10.8 Å². The minimum atomic E-state index is 0.104. The van der Waals surface area contributed by atoms with Gasteiger partial charge in [0.1, 0.15) is 6.33 Å². The summed E-state index contributed by atoms with van der Waals surface area (Å²) < 4.78 is 0. The number of nitrogens with one attached hydrogen (secondary N) is 1. The van der Waals surface area contributed by atoms with Crippen molar-refractivity contribution in [3.05, 3.63) is 72.3 Å². The van der Waals surface area contributed by atoms with Gasteiger partial charge >= 0.3 is 0 Å². The van der Waals surface area contributed by atoms with Gasteiger partial charge in [0.05, 0.1) is 6.04 Å². The lowest BCUT2D eigenvalue weighted by Crippen LogP contribution is -2.18. The number of aromatic nitrogens is 2. The smallest absolute Gasteiger partial charge is 0.115 e. The maximum Gasteiger partial charge on any atom is 0.115 e. The van der Waals surface area contributed by atoms with Crippen molar-refractivity contribution < 1.29 is 0 Å². The Morgan fingerprint density at radius 2 is 1.68 bits per heavy atom. The standard InChI is InChI=1S/C16H15N3/c1-17-16(13-9-18-11-19-10-13)15-8-4-6-12-5-2-3-7-14(12)15/h2-11,16-17H,1H3. The van der Waals surface area contributed by atoms with Crippen molar-refractivity contribution in [3.8, 4) is 0 Å². The van der Waals surface area contributed by atoms with Gasteiger partial charge in [-0.25, -0.2) is 9.97 Å². The first-order valence-corrected chi connectivity index (χ1v) is 6.30. The van der Waals surface area contributed by atoms with E-state index in [1.54, 1.807) is 6.33 Å². The Balaban J connectivity index is 2.17. The first-order valence-electron chi connectivity index (χ1n) is 6.30. The summed E-state index contributed by atoms with van der Waals surface area (Å²) >= 11 is 0. The number of hydrogen-bond acceptors (Lipinski definition) is 3. The monoisotopic (exact) mass is 249 g/mol. The number of benzene rings is 2. The molecule has 94 valence electrons. The van der Waals surface area contributed by atoms with Gasteiger partial charge < -0.3 is 5.32 Å². The summed E-state index contributed by atoms with van der Waals surface area (Å²) in [5.74, 6) is 0. The van der Waals surface area contributed by atoms with Crippen LogP contribution >= 0.6 is 0 Å². The van der Waals surface area contributed by atoms with Crippen LogP contribution in [0.4, 0.5) is 0 Å². The van der Waals surface area contributed by atoms with Gasteiger partial charge in [0.15, 0.2) is 0 Å². The largest absolute Gasteiger partial charge is 0.309 e. The summed E-state index contributed by atoms with van der Waals surface area (Å²) in [6.07, 6.45) is 5.27. The van der Waals surface area contributed by atoms with Crippen LogP contribution in [0, 0.1) is 0 Å². The lowest BCUT2D eigenvalue weighted by Gasteiger charge is -2.18. The minimum absolute atomic E-state index is 0.104. The Bertz CT molecular complexity index is 674. The molecule has 0 saturated heterocycles. The second-order valence-corrected chi connectivity index (χ2v) is 4.46. The molecule has 3 aromatic rings. The normalized spacial score (nSPS) is 12.5. The molecule has 0 bridgehead atoms. The topological polar surface area (TPSA) is 37.8 Å². The molecule has 19 heavy (non-hydrogen) atoms. The summed E-state index contributed by atoms with van der Waals surface area (Å²) in [7, 11) is 1.96. The summed E-state index contributed by atoms with van der Waals surface area (Å²) in [5, 5.41) is 5.85. The van der Waals surface area contributed by atoms with Crippen LogP contribution in [-0.4, -0.2) is 17.0 Å². The van der Waals surface area contributed by atoms with Crippen LogP contribution < -0.4 is 5.32 Å². The van der Waals surface area contributed by atoms with Gasteiger partial charge in [-0.15, -0.1) is 0 Å². The summed E-state index contributed by atoms with van der Waals surface area (Å²) in [5.41, 5.74) is 2.32. The van der Waals surface area contributed by atoms with E-state index in [-0.39, 0.29) is 6.04 Å². The maximum absolute atomic E-state index is 4.11. The van der Waals surface area contributed by atoms with Crippen LogP contribution in [0.25, 0.3) is 10.8 Å². The van der Waals surface area contributed by atoms with E-state index in [0.29, 0.717) is 0 Å². The summed E-state index contributed by atoms with van der Waals surface area (Å²) in [6, 6.07) is 14.9. The molecule has 3 rings (SSSR count). The van der Waals surface area contributed by atoms with Gasteiger partial charge in [-0.05, 0) is 23.4 Å². The molecule has 1 heterocycles.